The molecule has 7 nitrogen and oxygen atoms in total. The Balaban J connectivity index is 1.72. The number of anilines is 1. The maximum atomic E-state index is 14.0. The Bertz CT molecular complexity index is 1450. The fourth-order valence-electron chi connectivity index (χ4n) is 4.44. The summed E-state index contributed by atoms with van der Waals surface area (Å²) in [6.45, 7) is 0.417. The van der Waals surface area contributed by atoms with Crippen LogP contribution in [-0.2, 0) is 0 Å². The maximum absolute atomic E-state index is 14.0. The number of nitrogens with one attached hydrogen (secondary N) is 1. The van der Waals surface area contributed by atoms with E-state index >= 15 is 0 Å². The van der Waals surface area contributed by atoms with Crippen molar-refractivity contribution in [3.8, 4) is 11.3 Å². The molecule has 34 heavy (non-hydrogen) atoms. The minimum absolute atomic E-state index is 0.0485. The zero-order chi connectivity index (χ0) is 24.0. The first kappa shape index (κ1) is 22.3. The summed E-state index contributed by atoms with van der Waals surface area (Å²) in [6, 6.07) is 8.87. The number of nitrogens with two attached hydrogens (primary N) is 1. The number of aliphatic hydroxyl groups excluding tert-OH is 1. The third kappa shape index (κ3) is 4.10. The Morgan fingerprint density at radius 1 is 1.15 bits per heavy atom. The molecule has 1 aliphatic rings. The Hall–Kier alpha value is -3.50. The number of aromatic amines is 1. The number of halogens is 3. The van der Waals surface area contributed by atoms with Crippen LogP contribution in [0.4, 0.5) is 19.0 Å². The van der Waals surface area contributed by atoms with Crippen LogP contribution in [0.25, 0.3) is 33.1 Å². The van der Waals surface area contributed by atoms with E-state index in [1.54, 1.807) is 23.1 Å². The Kier molecular flexibility index (Phi) is 5.49. The average molecular weight is 469 g/mol. The summed E-state index contributed by atoms with van der Waals surface area (Å²) in [6.07, 6.45) is -0.278. The number of hydrogen-bond acceptors (Lipinski definition) is 6. The summed E-state index contributed by atoms with van der Waals surface area (Å²) in [5.74, 6) is -2.83. The molecule has 10 heteroatoms. The number of hydrogen-bond donors (Lipinski definition) is 3. The van der Waals surface area contributed by atoms with Crippen LogP contribution in [0.3, 0.4) is 0 Å². The highest BCUT2D eigenvalue weighted by atomic mass is 19.3. The molecule has 0 amide bonds. The Morgan fingerprint density at radius 2 is 1.97 bits per heavy atom. The van der Waals surface area contributed by atoms with Gasteiger partial charge in [0, 0.05) is 55.2 Å². The first-order chi connectivity index (χ1) is 16.2. The van der Waals surface area contributed by atoms with Gasteiger partial charge in [0.15, 0.2) is 5.43 Å². The quantitative estimate of drug-likeness (QED) is 0.394. The molecule has 1 aliphatic heterocycles. The molecule has 4 N–H and O–H groups in total. The lowest BCUT2D eigenvalue weighted by atomic mass is 10.1. The van der Waals surface area contributed by atoms with Crippen molar-refractivity contribution in [1.82, 2.24) is 15.0 Å². The number of aromatic nitrogens is 3. The summed E-state index contributed by atoms with van der Waals surface area (Å²) < 4.78 is 42.0. The van der Waals surface area contributed by atoms with Crippen molar-refractivity contribution in [1.29, 1.82) is 0 Å². The van der Waals surface area contributed by atoms with Crippen molar-refractivity contribution >= 4 is 27.6 Å². The predicted octanol–water partition coefficient (Wildman–Crippen LogP) is 3.85. The standard InChI is InChI=1S/C24H22F3N5O2/c25-14-3-2-13-10-15(18-12-19(33)20-16(30-18)4-7-29-21(20)22(28)34)23(31-17(13)11-14)32-8-1-5-24(26,27)6-9-32/h2-4,7,10-12,22,34H,1,5-6,8-9,28H2,(H,30,33). The lowest BCUT2D eigenvalue weighted by molar-refractivity contribution is -0.0102. The van der Waals surface area contributed by atoms with E-state index in [1.807, 2.05) is 0 Å². The lowest BCUT2D eigenvalue weighted by Crippen LogP contribution is -2.27. The third-order valence-corrected chi connectivity index (χ3v) is 6.12. The van der Waals surface area contributed by atoms with Gasteiger partial charge in [-0.3, -0.25) is 9.78 Å². The monoisotopic (exact) mass is 469 g/mol. The van der Waals surface area contributed by atoms with Crippen LogP contribution >= 0.6 is 0 Å². The summed E-state index contributed by atoms with van der Waals surface area (Å²) in [4.78, 5) is 26.6. The number of H-pyrrole nitrogens is 1. The highest BCUT2D eigenvalue weighted by Gasteiger charge is 2.33. The Labute approximate surface area is 192 Å². The lowest BCUT2D eigenvalue weighted by Gasteiger charge is -2.25. The van der Waals surface area contributed by atoms with Gasteiger partial charge in [0.05, 0.1) is 27.8 Å². The zero-order valence-corrected chi connectivity index (χ0v) is 18.1. The molecule has 3 aromatic heterocycles. The van der Waals surface area contributed by atoms with E-state index in [-0.39, 0.29) is 36.9 Å². The second kappa shape index (κ2) is 8.37. The summed E-state index contributed by atoms with van der Waals surface area (Å²) >= 11 is 0. The number of nitrogens with zero attached hydrogens (tertiary/aromatic N) is 3. The molecule has 176 valence electrons. The highest BCUT2D eigenvalue weighted by Crippen LogP contribution is 2.36. The molecule has 0 radical (unpaired) electrons. The van der Waals surface area contributed by atoms with E-state index in [0.29, 0.717) is 40.0 Å². The van der Waals surface area contributed by atoms with Crippen LogP contribution in [-0.4, -0.2) is 39.1 Å². The molecule has 1 saturated heterocycles. The van der Waals surface area contributed by atoms with Crippen molar-refractivity contribution in [3.05, 3.63) is 64.3 Å². The largest absolute Gasteiger partial charge is 0.373 e. The van der Waals surface area contributed by atoms with Crippen molar-refractivity contribution in [2.24, 2.45) is 5.73 Å². The first-order valence-corrected chi connectivity index (χ1v) is 10.9. The van der Waals surface area contributed by atoms with Gasteiger partial charge in [0.2, 0.25) is 5.92 Å². The van der Waals surface area contributed by atoms with Gasteiger partial charge >= 0.3 is 0 Å². The first-order valence-electron chi connectivity index (χ1n) is 10.9. The van der Waals surface area contributed by atoms with Gasteiger partial charge in [-0.1, -0.05) is 0 Å². The average Bonchev–Trinajstić information content (AvgIpc) is 2.97. The molecular formula is C24H22F3N5O2. The molecule has 0 aliphatic carbocycles. The van der Waals surface area contributed by atoms with E-state index in [4.69, 9.17) is 5.73 Å². The fraction of sp³-hybridized carbons (Fsp3) is 0.292. The second-order valence-electron chi connectivity index (χ2n) is 8.50. The van der Waals surface area contributed by atoms with Crippen LogP contribution in [0.15, 0.2) is 47.4 Å². The number of aliphatic hydroxyl groups is 1. The van der Waals surface area contributed by atoms with E-state index in [0.717, 1.165) is 0 Å². The molecule has 0 spiro atoms. The fourth-order valence-corrected chi connectivity index (χ4v) is 4.44. The summed E-state index contributed by atoms with van der Waals surface area (Å²) in [5, 5.41) is 10.6. The third-order valence-electron chi connectivity index (χ3n) is 6.12. The minimum Gasteiger partial charge on any atom is -0.373 e. The minimum atomic E-state index is -2.76. The topological polar surface area (TPSA) is 108 Å². The van der Waals surface area contributed by atoms with Gasteiger partial charge in [-0.15, -0.1) is 0 Å². The number of fused-ring (bicyclic) bond motifs is 2. The highest BCUT2D eigenvalue weighted by molar-refractivity contribution is 5.91. The van der Waals surface area contributed by atoms with Crippen molar-refractivity contribution in [3.63, 3.8) is 0 Å². The molecule has 1 aromatic carbocycles. The van der Waals surface area contributed by atoms with Crippen LogP contribution in [0.5, 0.6) is 0 Å². The number of rotatable bonds is 3. The number of alkyl halides is 2. The Morgan fingerprint density at radius 3 is 2.76 bits per heavy atom. The molecule has 0 bridgehead atoms. The van der Waals surface area contributed by atoms with Crippen LogP contribution in [0.1, 0.15) is 31.2 Å². The maximum Gasteiger partial charge on any atom is 0.249 e. The normalized spacial score (nSPS) is 17.1. The van der Waals surface area contributed by atoms with E-state index in [9.17, 15) is 23.1 Å². The SMILES string of the molecule is NC(O)c1nccc2[nH]c(-c3cc4ccc(F)cc4nc3N3CCCC(F)(F)CC3)cc(=O)c12. The van der Waals surface area contributed by atoms with Gasteiger partial charge in [0.1, 0.15) is 17.9 Å². The van der Waals surface area contributed by atoms with Crippen LogP contribution in [0, 0.1) is 5.82 Å². The predicted molar refractivity (Wildman–Crippen MR) is 123 cm³/mol. The smallest absolute Gasteiger partial charge is 0.249 e. The van der Waals surface area contributed by atoms with E-state index < -0.39 is 23.4 Å². The number of pyridine rings is 3. The van der Waals surface area contributed by atoms with Gasteiger partial charge in [0.25, 0.3) is 0 Å². The molecule has 0 saturated carbocycles. The molecule has 1 unspecified atom stereocenters. The summed E-state index contributed by atoms with van der Waals surface area (Å²) in [5.41, 5.74) is 6.92. The van der Waals surface area contributed by atoms with Gasteiger partial charge in [-0.2, -0.15) is 0 Å². The van der Waals surface area contributed by atoms with E-state index in [1.165, 1.54) is 24.4 Å². The van der Waals surface area contributed by atoms with Crippen molar-refractivity contribution < 1.29 is 18.3 Å². The van der Waals surface area contributed by atoms with Gasteiger partial charge in [-0.05, 0) is 30.7 Å². The van der Waals surface area contributed by atoms with Crippen LogP contribution < -0.4 is 16.1 Å². The molecule has 4 aromatic rings. The second-order valence-corrected chi connectivity index (χ2v) is 8.50. The van der Waals surface area contributed by atoms with Gasteiger partial charge < -0.3 is 20.7 Å². The summed E-state index contributed by atoms with van der Waals surface area (Å²) in [7, 11) is 0. The molecule has 1 atom stereocenters. The molecule has 5 rings (SSSR count). The zero-order valence-electron chi connectivity index (χ0n) is 18.1. The van der Waals surface area contributed by atoms with Gasteiger partial charge in [-0.25, -0.2) is 18.2 Å². The molecular weight excluding hydrogens is 447 g/mol. The number of benzene rings is 1. The molecule has 4 heterocycles. The van der Waals surface area contributed by atoms with E-state index in [2.05, 4.69) is 15.0 Å². The molecule has 1 fully saturated rings. The van der Waals surface area contributed by atoms with Crippen molar-refractivity contribution in [2.45, 2.75) is 31.4 Å². The van der Waals surface area contributed by atoms with Crippen molar-refractivity contribution in [2.75, 3.05) is 18.0 Å². The van der Waals surface area contributed by atoms with Crippen LogP contribution in [0.2, 0.25) is 0 Å².